The highest BCUT2D eigenvalue weighted by molar-refractivity contribution is 7.06. The van der Waals surface area contributed by atoms with E-state index in [1.807, 2.05) is 13.8 Å². The first kappa shape index (κ1) is 10.8. The van der Waals surface area contributed by atoms with Crippen LogP contribution in [0.5, 0.6) is 0 Å². The van der Waals surface area contributed by atoms with Crippen molar-refractivity contribution in [2.45, 2.75) is 13.8 Å². The van der Waals surface area contributed by atoms with Crippen LogP contribution < -0.4 is 4.90 Å². The summed E-state index contributed by atoms with van der Waals surface area (Å²) in [5, 5.41) is 3.72. The van der Waals surface area contributed by atoms with Crippen molar-refractivity contribution in [1.29, 1.82) is 0 Å². The summed E-state index contributed by atoms with van der Waals surface area (Å²) in [6, 6.07) is 1.64. The van der Waals surface area contributed by atoms with Gasteiger partial charge in [0.2, 0.25) is 0 Å². The van der Waals surface area contributed by atoms with Crippen LogP contribution in [0.15, 0.2) is 16.9 Å². The zero-order chi connectivity index (χ0) is 11.7. The Morgan fingerprint density at radius 3 is 2.75 bits per heavy atom. The largest absolute Gasteiger partial charge is 0.363 e. The van der Waals surface area contributed by atoms with Gasteiger partial charge in [-0.3, -0.25) is 9.69 Å². The smallest absolute Gasteiger partial charge is 0.262 e. The van der Waals surface area contributed by atoms with Crippen molar-refractivity contribution in [3.05, 3.63) is 28.5 Å². The molecule has 2 aromatic heterocycles. The van der Waals surface area contributed by atoms with Crippen molar-refractivity contribution >= 4 is 23.3 Å². The Morgan fingerprint density at radius 1 is 1.50 bits per heavy atom. The van der Waals surface area contributed by atoms with Crippen molar-refractivity contribution in [2.24, 2.45) is 0 Å². The topological polar surface area (TPSA) is 59.2 Å². The second-order valence-corrected chi connectivity index (χ2v) is 4.40. The lowest BCUT2D eigenvalue weighted by atomic mass is 10.2. The normalized spacial score (nSPS) is 10.4. The summed E-state index contributed by atoms with van der Waals surface area (Å²) < 4.78 is 8.86. The van der Waals surface area contributed by atoms with E-state index in [1.54, 1.807) is 13.1 Å². The monoisotopic (exact) mass is 237 g/mol. The molecule has 84 valence electrons. The average molecular weight is 237 g/mol. The highest BCUT2D eigenvalue weighted by Crippen LogP contribution is 2.20. The Balaban J connectivity index is 2.33. The van der Waals surface area contributed by atoms with Crippen LogP contribution in [0.25, 0.3) is 0 Å². The van der Waals surface area contributed by atoms with Crippen molar-refractivity contribution in [3.8, 4) is 0 Å². The molecule has 0 aliphatic rings. The van der Waals surface area contributed by atoms with E-state index in [2.05, 4.69) is 9.53 Å². The minimum Gasteiger partial charge on any atom is -0.363 e. The Hall–Kier alpha value is -1.69. The van der Waals surface area contributed by atoms with E-state index in [-0.39, 0.29) is 5.91 Å². The SMILES string of the molecule is Cc1nsc(C)c1C(=O)N(C)c1ccon1. The van der Waals surface area contributed by atoms with Gasteiger partial charge < -0.3 is 4.52 Å². The average Bonchev–Trinajstić information content (AvgIpc) is 2.87. The van der Waals surface area contributed by atoms with E-state index >= 15 is 0 Å². The number of nitrogens with zero attached hydrogens (tertiary/aromatic N) is 3. The summed E-state index contributed by atoms with van der Waals surface area (Å²) >= 11 is 1.33. The van der Waals surface area contributed by atoms with Crippen LogP contribution in [0.1, 0.15) is 20.9 Å². The van der Waals surface area contributed by atoms with Crippen LogP contribution in [0.3, 0.4) is 0 Å². The lowest BCUT2D eigenvalue weighted by Crippen LogP contribution is -2.27. The standard InChI is InChI=1S/C10H11N3O2S/c1-6-9(7(2)16-12-6)10(14)13(3)8-4-5-15-11-8/h4-5H,1-3H3. The van der Waals surface area contributed by atoms with Gasteiger partial charge in [-0.2, -0.15) is 4.37 Å². The molecule has 0 N–H and O–H groups in total. The molecule has 1 amide bonds. The van der Waals surface area contributed by atoms with Crippen LogP contribution in [-0.2, 0) is 0 Å². The molecular formula is C10H11N3O2S. The molecule has 0 atom stereocenters. The third-order valence-electron chi connectivity index (χ3n) is 2.32. The van der Waals surface area contributed by atoms with Crippen LogP contribution in [-0.4, -0.2) is 22.5 Å². The highest BCUT2D eigenvalue weighted by Gasteiger charge is 2.21. The Bertz CT molecular complexity index is 485. The Morgan fingerprint density at radius 2 is 2.25 bits per heavy atom. The first-order valence-corrected chi connectivity index (χ1v) is 5.50. The van der Waals surface area contributed by atoms with E-state index in [4.69, 9.17) is 4.52 Å². The molecule has 6 heteroatoms. The van der Waals surface area contributed by atoms with E-state index in [0.717, 1.165) is 10.6 Å². The van der Waals surface area contributed by atoms with E-state index in [1.165, 1.54) is 22.7 Å². The van der Waals surface area contributed by atoms with Crippen molar-refractivity contribution < 1.29 is 9.32 Å². The van der Waals surface area contributed by atoms with Gasteiger partial charge in [-0.15, -0.1) is 0 Å². The summed E-state index contributed by atoms with van der Waals surface area (Å²) in [6.07, 6.45) is 1.44. The van der Waals surface area contributed by atoms with Crippen LogP contribution in [0.2, 0.25) is 0 Å². The zero-order valence-corrected chi connectivity index (χ0v) is 10.0. The second kappa shape index (κ2) is 4.05. The van der Waals surface area contributed by atoms with E-state index in [0.29, 0.717) is 11.4 Å². The summed E-state index contributed by atoms with van der Waals surface area (Å²) in [5.74, 6) is 0.382. The van der Waals surface area contributed by atoms with Gasteiger partial charge in [0.1, 0.15) is 6.26 Å². The third-order valence-corrected chi connectivity index (χ3v) is 3.16. The zero-order valence-electron chi connectivity index (χ0n) is 9.22. The number of rotatable bonds is 2. The molecule has 0 aromatic carbocycles. The predicted octanol–water partition coefficient (Wildman–Crippen LogP) is 2.02. The molecule has 0 bridgehead atoms. The number of hydrogen-bond acceptors (Lipinski definition) is 5. The Labute approximate surface area is 96.8 Å². The maximum absolute atomic E-state index is 12.2. The fourth-order valence-corrected chi connectivity index (χ4v) is 2.13. The van der Waals surface area contributed by atoms with Gasteiger partial charge >= 0.3 is 0 Å². The number of aromatic nitrogens is 2. The lowest BCUT2D eigenvalue weighted by Gasteiger charge is -2.13. The third kappa shape index (κ3) is 1.71. The lowest BCUT2D eigenvalue weighted by molar-refractivity contribution is 0.0990. The quantitative estimate of drug-likeness (QED) is 0.801. The van der Waals surface area contributed by atoms with Crippen LogP contribution in [0.4, 0.5) is 5.82 Å². The number of aryl methyl sites for hydroxylation is 2. The molecule has 0 radical (unpaired) electrons. The summed E-state index contributed by atoms with van der Waals surface area (Å²) in [6.45, 7) is 3.71. The number of anilines is 1. The fraction of sp³-hybridized carbons (Fsp3) is 0.300. The number of amides is 1. The minimum atomic E-state index is -0.113. The van der Waals surface area contributed by atoms with Gasteiger partial charge in [-0.1, -0.05) is 5.16 Å². The molecule has 16 heavy (non-hydrogen) atoms. The molecule has 0 saturated heterocycles. The minimum absolute atomic E-state index is 0.113. The van der Waals surface area contributed by atoms with Gasteiger partial charge in [0, 0.05) is 18.0 Å². The van der Waals surface area contributed by atoms with Gasteiger partial charge in [-0.25, -0.2) is 0 Å². The molecule has 0 aliphatic carbocycles. The highest BCUT2D eigenvalue weighted by atomic mass is 32.1. The maximum atomic E-state index is 12.2. The Kier molecular flexibility index (Phi) is 2.74. The van der Waals surface area contributed by atoms with Gasteiger partial charge in [0.05, 0.1) is 11.3 Å². The summed E-state index contributed by atoms with van der Waals surface area (Å²) in [4.78, 5) is 14.5. The molecule has 2 heterocycles. The second-order valence-electron chi connectivity index (χ2n) is 3.42. The van der Waals surface area contributed by atoms with E-state index < -0.39 is 0 Å². The fourth-order valence-electron chi connectivity index (χ4n) is 1.44. The maximum Gasteiger partial charge on any atom is 0.262 e. The first-order valence-electron chi connectivity index (χ1n) is 4.72. The summed E-state index contributed by atoms with van der Waals surface area (Å²) in [5.41, 5.74) is 1.40. The number of carbonyl (C=O) groups is 1. The molecule has 2 aromatic rings. The summed E-state index contributed by atoms with van der Waals surface area (Å²) in [7, 11) is 1.66. The van der Waals surface area contributed by atoms with Crippen molar-refractivity contribution in [1.82, 2.24) is 9.53 Å². The number of hydrogen-bond donors (Lipinski definition) is 0. The molecule has 2 rings (SSSR count). The molecule has 0 unspecified atom stereocenters. The first-order chi connectivity index (χ1) is 7.61. The molecule has 5 nitrogen and oxygen atoms in total. The van der Waals surface area contributed by atoms with E-state index in [9.17, 15) is 4.79 Å². The van der Waals surface area contributed by atoms with Gasteiger partial charge in [0.25, 0.3) is 5.91 Å². The van der Waals surface area contributed by atoms with Crippen molar-refractivity contribution in [3.63, 3.8) is 0 Å². The molecular weight excluding hydrogens is 226 g/mol. The molecule has 0 fully saturated rings. The molecule has 0 saturated carbocycles. The molecule has 0 spiro atoms. The van der Waals surface area contributed by atoms with Crippen LogP contribution >= 0.6 is 11.5 Å². The number of carbonyl (C=O) groups excluding carboxylic acids is 1. The van der Waals surface area contributed by atoms with Crippen molar-refractivity contribution in [2.75, 3.05) is 11.9 Å². The van der Waals surface area contributed by atoms with Gasteiger partial charge in [0.15, 0.2) is 5.82 Å². The van der Waals surface area contributed by atoms with Gasteiger partial charge in [-0.05, 0) is 25.4 Å². The molecule has 0 aliphatic heterocycles. The predicted molar refractivity (Wildman–Crippen MR) is 60.8 cm³/mol. The van der Waals surface area contributed by atoms with Crippen LogP contribution in [0, 0.1) is 13.8 Å².